The highest BCUT2D eigenvalue weighted by molar-refractivity contribution is 6.35. The molecule has 3 rings (SSSR count). The summed E-state index contributed by atoms with van der Waals surface area (Å²) in [5, 5.41) is 14.5. The van der Waals surface area contributed by atoms with Crippen molar-refractivity contribution < 1.29 is 9.84 Å². The van der Waals surface area contributed by atoms with Crippen LogP contribution < -0.4 is 20.7 Å². The number of anilines is 2. The number of aromatic nitrogens is 2. The van der Waals surface area contributed by atoms with E-state index < -0.39 is 6.10 Å². The van der Waals surface area contributed by atoms with Gasteiger partial charge in [-0.25, -0.2) is 4.98 Å². The van der Waals surface area contributed by atoms with Crippen LogP contribution in [-0.2, 0) is 0 Å². The summed E-state index contributed by atoms with van der Waals surface area (Å²) in [6.07, 6.45) is 1.69. The molecule has 0 amide bonds. The lowest BCUT2D eigenvalue weighted by Crippen LogP contribution is -2.51. The van der Waals surface area contributed by atoms with Crippen molar-refractivity contribution in [1.29, 1.82) is 0 Å². The van der Waals surface area contributed by atoms with Gasteiger partial charge in [0.05, 0.1) is 25.5 Å². The molecule has 1 aliphatic heterocycles. The summed E-state index contributed by atoms with van der Waals surface area (Å²) in [6.45, 7) is 3.05. The third-order valence-corrected chi connectivity index (χ3v) is 5.22. The van der Waals surface area contributed by atoms with Crippen LogP contribution in [0.15, 0.2) is 24.4 Å². The number of ether oxygens (including phenoxy) is 1. The first-order chi connectivity index (χ1) is 12.9. The smallest absolute Gasteiger partial charge is 0.227 e. The molecule has 0 bridgehead atoms. The van der Waals surface area contributed by atoms with Crippen molar-refractivity contribution in [3.05, 3.63) is 40.0 Å². The van der Waals surface area contributed by atoms with Crippen LogP contribution in [0.4, 0.5) is 11.8 Å². The van der Waals surface area contributed by atoms with Crippen LogP contribution in [0.1, 0.15) is 24.9 Å². The minimum Gasteiger partial charge on any atom is -0.491 e. The number of halogens is 2. The van der Waals surface area contributed by atoms with Gasteiger partial charge in [-0.15, -0.1) is 0 Å². The molecule has 1 fully saturated rings. The number of aliphatic hydroxyl groups is 1. The number of aliphatic hydroxyl groups excluding tert-OH is 1. The fourth-order valence-corrected chi connectivity index (χ4v) is 3.61. The first-order valence-corrected chi connectivity index (χ1v) is 9.45. The lowest BCUT2D eigenvalue weighted by Gasteiger charge is -2.34. The minimum absolute atomic E-state index is 0.133. The van der Waals surface area contributed by atoms with Gasteiger partial charge >= 0.3 is 0 Å². The Balaban J connectivity index is 1.83. The Morgan fingerprint density at radius 3 is 2.85 bits per heavy atom. The van der Waals surface area contributed by atoms with Crippen molar-refractivity contribution in [1.82, 2.24) is 9.97 Å². The van der Waals surface area contributed by atoms with Crippen LogP contribution in [-0.4, -0.2) is 47.4 Å². The summed E-state index contributed by atoms with van der Waals surface area (Å²) in [4.78, 5) is 10.9. The quantitative estimate of drug-likeness (QED) is 0.695. The van der Waals surface area contributed by atoms with E-state index in [1.54, 1.807) is 25.4 Å². The molecular formula is C18H23Cl2N5O2. The summed E-state index contributed by atoms with van der Waals surface area (Å²) >= 11 is 12.3. The lowest BCUT2D eigenvalue weighted by atomic mass is 10.0. The Labute approximate surface area is 168 Å². The van der Waals surface area contributed by atoms with Gasteiger partial charge < -0.3 is 25.8 Å². The highest BCUT2D eigenvalue weighted by atomic mass is 35.5. The SMILES string of the molecule is COc1cnc(N2CC[C@H](N)[C@@H](O)C2)nc1N[C@H](C)c1ccc(Cl)cc1Cl. The van der Waals surface area contributed by atoms with Crippen molar-refractivity contribution in [3.63, 3.8) is 0 Å². The van der Waals surface area contributed by atoms with Crippen molar-refractivity contribution >= 4 is 35.0 Å². The zero-order valence-corrected chi connectivity index (χ0v) is 16.7. The van der Waals surface area contributed by atoms with Gasteiger partial charge in [0.25, 0.3) is 0 Å². The maximum absolute atomic E-state index is 10.0. The van der Waals surface area contributed by atoms with E-state index in [1.165, 1.54) is 0 Å². The number of rotatable bonds is 5. The van der Waals surface area contributed by atoms with Crippen LogP contribution in [0.25, 0.3) is 0 Å². The Morgan fingerprint density at radius 2 is 2.19 bits per heavy atom. The van der Waals surface area contributed by atoms with E-state index in [0.29, 0.717) is 47.1 Å². The standard InChI is InChI=1S/C18H23Cl2N5O2/c1-10(12-4-3-11(19)7-13(12)20)23-17-16(27-2)8-22-18(24-17)25-6-5-14(21)15(26)9-25/h3-4,7-8,10,14-15,26H,5-6,9,21H2,1-2H3,(H,22,23,24)/t10-,14+,15+/m1/s1. The Morgan fingerprint density at radius 1 is 1.41 bits per heavy atom. The van der Waals surface area contributed by atoms with E-state index in [1.807, 2.05) is 17.9 Å². The third kappa shape index (κ3) is 4.55. The van der Waals surface area contributed by atoms with E-state index in [0.717, 1.165) is 5.56 Å². The van der Waals surface area contributed by atoms with E-state index in [4.69, 9.17) is 33.7 Å². The maximum Gasteiger partial charge on any atom is 0.227 e. The normalized spacial score (nSPS) is 21.0. The number of hydrogen-bond donors (Lipinski definition) is 3. The van der Waals surface area contributed by atoms with E-state index in [-0.39, 0.29) is 12.1 Å². The van der Waals surface area contributed by atoms with Gasteiger partial charge in [-0.05, 0) is 31.0 Å². The van der Waals surface area contributed by atoms with Gasteiger partial charge in [0.2, 0.25) is 5.95 Å². The number of nitrogens with zero attached hydrogens (tertiary/aromatic N) is 3. The number of hydrogen-bond acceptors (Lipinski definition) is 7. The largest absolute Gasteiger partial charge is 0.491 e. The van der Waals surface area contributed by atoms with Gasteiger partial charge in [0.1, 0.15) is 0 Å². The molecule has 0 spiro atoms. The van der Waals surface area contributed by atoms with Crippen LogP contribution >= 0.6 is 23.2 Å². The molecule has 1 aromatic carbocycles. The molecule has 146 valence electrons. The molecule has 0 aliphatic carbocycles. The Kier molecular flexibility index (Phi) is 6.26. The molecule has 1 aliphatic rings. The number of β-amino-alcohol motifs (C(OH)–C–C–N with tert-alkyl or cyclic N) is 1. The van der Waals surface area contributed by atoms with E-state index in [2.05, 4.69) is 15.3 Å². The maximum atomic E-state index is 10.0. The van der Waals surface area contributed by atoms with Crippen molar-refractivity contribution in [2.75, 3.05) is 30.4 Å². The molecule has 1 aromatic heterocycles. The van der Waals surface area contributed by atoms with Crippen LogP contribution in [0.3, 0.4) is 0 Å². The van der Waals surface area contributed by atoms with Crippen molar-refractivity contribution in [3.8, 4) is 5.75 Å². The first-order valence-electron chi connectivity index (χ1n) is 8.70. The Bertz CT molecular complexity index is 807. The summed E-state index contributed by atoms with van der Waals surface area (Å²) in [6, 6.07) is 5.02. The zero-order chi connectivity index (χ0) is 19.6. The van der Waals surface area contributed by atoms with E-state index >= 15 is 0 Å². The lowest BCUT2D eigenvalue weighted by molar-refractivity contribution is 0.131. The van der Waals surface area contributed by atoms with Crippen molar-refractivity contribution in [2.45, 2.75) is 31.5 Å². The summed E-state index contributed by atoms with van der Waals surface area (Å²) in [7, 11) is 1.56. The molecule has 4 N–H and O–H groups in total. The monoisotopic (exact) mass is 411 g/mol. The number of nitrogens with two attached hydrogens (primary N) is 1. The fraction of sp³-hybridized carbons (Fsp3) is 0.444. The predicted octanol–water partition coefficient (Wildman–Crippen LogP) is 2.86. The number of nitrogens with one attached hydrogen (secondary N) is 1. The van der Waals surface area contributed by atoms with Crippen LogP contribution in [0, 0.1) is 0 Å². The highest BCUT2D eigenvalue weighted by Crippen LogP contribution is 2.31. The molecule has 7 nitrogen and oxygen atoms in total. The number of methoxy groups -OCH3 is 1. The Hall–Kier alpha value is -1.80. The second-order valence-corrected chi connectivity index (χ2v) is 7.43. The molecule has 0 saturated carbocycles. The number of benzene rings is 1. The molecule has 27 heavy (non-hydrogen) atoms. The molecule has 2 heterocycles. The number of piperidine rings is 1. The molecule has 9 heteroatoms. The van der Waals surface area contributed by atoms with Gasteiger partial charge in [0, 0.05) is 29.2 Å². The van der Waals surface area contributed by atoms with Gasteiger partial charge in [-0.3, -0.25) is 0 Å². The fourth-order valence-electron chi connectivity index (χ4n) is 3.03. The van der Waals surface area contributed by atoms with Crippen molar-refractivity contribution in [2.24, 2.45) is 5.73 Å². The second-order valence-electron chi connectivity index (χ2n) is 6.58. The average molecular weight is 412 g/mol. The average Bonchev–Trinajstić information content (AvgIpc) is 2.63. The molecule has 1 saturated heterocycles. The van der Waals surface area contributed by atoms with Gasteiger partial charge in [-0.2, -0.15) is 4.98 Å². The predicted molar refractivity (Wildman–Crippen MR) is 108 cm³/mol. The molecule has 3 atom stereocenters. The minimum atomic E-state index is -0.604. The van der Waals surface area contributed by atoms with Crippen LogP contribution in [0.2, 0.25) is 10.0 Å². The highest BCUT2D eigenvalue weighted by Gasteiger charge is 2.27. The molecule has 2 aromatic rings. The molecular weight excluding hydrogens is 389 g/mol. The molecule has 0 unspecified atom stereocenters. The summed E-state index contributed by atoms with van der Waals surface area (Å²) in [5.74, 6) is 1.58. The first kappa shape index (κ1) is 19.9. The summed E-state index contributed by atoms with van der Waals surface area (Å²) < 4.78 is 5.38. The summed E-state index contributed by atoms with van der Waals surface area (Å²) in [5.41, 5.74) is 6.77. The van der Waals surface area contributed by atoms with Gasteiger partial charge in [0.15, 0.2) is 11.6 Å². The van der Waals surface area contributed by atoms with E-state index in [9.17, 15) is 5.11 Å². The third-order valence-electron chi connectivity index (χ3n) is 4.66. The zero-order valence-electron chi connectivity index (χ0n) is 15.2. The van der Waals surface area contributed by atoms with Crippen LogP contribution in [0.5, 0.6) is 5.75 Å². The molecule has 0 radical (unpaired) electrons. The topological polar surface area (TPSA) is 96.5 Å². The van der Waals surface area contributed by atoms with Gasteiger partial charge in [-0.1, -0.05) is 29.3 Å². The second kappa shape index (κ2) is 8.48.